The number of aliphatic hydroxyl groups is 1. The van der Waals surface area contributed by atoms with Crippen LogP contribution < -0.4 is 0 Å². The highest BCUT2D eigenvalue weighted by Gasteiger charge is 2.50. The van der Waals surface area contributed by atoms with Crippen molar-refractivity contribution < 1.29 is 9.84 Å². The number of nitrogens with zero attached hydrogens (tertiary/aromatic N) is 1. The van der Waals surface area contributed by atoms with Gasteiger partial charge in [-0.05, 0) is 65.3 Å². The maximum absolute atomic E-state index is 10.6. The lowest BCUT2D eigenvalue weighted by molar-refractivity contribution is -0.0456. The van der Waals surface area contributed by atoms with Gasteiger partial charge in [0.2, 0.25) is 0 Å². The molecule has 0 aromatic rings. The summed E-state index contributed by atoms with van der Waals surface area (Å²) >= 11 is 0. The lowest BCUT2D eigenvalue weighted by Gasteiger charge is -2.40. The topological polar surface area (TPSA) is 32.7 Å². The van der Waals surface area contributed by atoms with E-state index in [1.165, 1.54) is 25.7 Å². The van der Waals surface area contributed by atoms with Gasteiger partial charge in [-0.15, -0.1) is 0 Å². The fraction of sp³-hybridized carbons (Fsp3) is 1.00. The molecule has 2 aliphatic rings. The average molecular weight is 312 g/mol. The van der Waals surface area contributed by atoms with Gasteiger partial charge in [0.25, 0.3) is 0 Å². The summed E-state index contributed by atoms with van der Waals surface area (Å²) in [5, 5.41) is 10.6. The zero-order valence-corrected chi connectivity index (χ0v) is 15.7. The normalized spacial score (nSPS) is 24.0. The maximum Gasteiger partial charge on any atom is 0.0653 e. The van der Waals surface area contributed by atoms with Crippen molar-refractivity contribution in [3.05, 3.63) is 0 Å². The van der Waals surface area contributed by atoms with Gasteiger partial charge in [0, 0.05) is 11.1 Å². The Labute approximate surface area is 137 Å². The van der Waals surface area contributed by atoms with Crippen LogP contribution in [0.5, 0.6) is 0 Å². The van der Waals surface area contributed by atoms with Crippen LogP contribution in [0.1, 0.15) is 79.6 Å². The van der Waals surface area contributed by atoms with Crippen LogP contribution in [0.15, 0.2) is 0 Å². The molecule has 0 heterocycles. The lowest BCUT2D eigenvalue weighted by Crippen LogP contribution is -2.49. The molecule has 0 unspecified atom stereocenters. The third kappa shape index (κ3) is 4.46. The third-order valence-electron chi connectivity index (χ3n) is 5.75. The van der Waals surface area contributed by atoms with Crippen LogP contribution in [0.4, 0.5) is 0 Å². The van der Waals surface area contributed by atoms with Crippen molar-refractivity contribution in [3.8, 4) is 0 Å². The standard InChI is InChI=1S/C19H37NO2/c1-16(2,3)20(6)18(11-12-18)15-22-14-17(4,5)13-19(21)9-7-8-10-19/h21H,7-15H2,1-6H3. The van der Waals surface area contributed by atoms with Crippen molar-refractivity contribution in [2.24, 2.45) is 5.41 Å². The van der Waals surface area contributed by atoms with E-state index in [1.54, 1.807) is 0 Å². The van der Waals surface area contributed by atoms with Gasteiger partial charge in [-0.2, -0.15) is 0 Å². The number of hydrogen-bond acceptors (Lipinski definition) is 3. The van der Waals surface area contributed by atoms with Gasteiger partial charge < -0.3 is 9.84 Å². The molecular weight excluding hydrogens is 274 g/mol. The Kier molecular flexibility index (Phi) is 5.03. The monoisotopic (exact) mass is 311 g/mol. The minimum atomic E-state index is -0.438. The van der Waals surface area contributed by atoms with E-state index in [2.05, 4.69) is 46.6 Å². The van der Waals surface area contributed by atoms with Gasteiger partial charge in [0.15, 0.2) is 0 Å². The van der Waals surface area contributed by atoms with Gasteiger partial charge in [-0.1, -0.05) is 26.7 Å². The van der Waals surface area contributed by atoms with Crippen LogP contribution in [-0.2, 0) is 4.74 Å². The highest BCUT2D eigenvalue weighted by Crippen LogP contribution is 2.45. The van der Waals surface area contributed by atoms with E-state index >= 15 is 0 Å². The number of hydrogen-bond donors (Lipinski definition) is 1. The first kappa shape index (κ1) is 18.2. The van der Waals surface area contributed by atoms with Crippen molar-refractivity contribution in [1.29, 1.82) is 0 Å². The molecule has 0 radical (unpaired) electrons. The van der Waals surface area contributed by atoms with E-state index in [1.807, 2.05) is 0 Å². The SMILES string of the molecule is CN(C(C)(C)C)C1(COCC(C)(C)CC2(O)CCCC2)CC1. The molecule has 1 N–H and O–H groups in total. The Morgan fingerprint density at radius 2 is 1.55 bits per heavy atom. The molecule has 0 atom stereocenters. The largest absolute Gasteiger partial charge is 0.390 e. The summed E-state index contributed by atoms with van der Waals surface area (Å²) in [4.78, 5) is 2.48. The molecule has 130 valence electrons. The Hall–Kier alpha value is -0.120. The third-order valence-corrected chi connectivity index (χ3v) is 5.75. The minimum absolute atomic E-state index is 0.0511. The van der Waals surface area contributed by atoms with Crippen molar-refractivity contribution in [2.75, 3.05) is 20.3 Å². The van der Waals surface area contributed by atoms with Gasteiger partial charge in [-0.25, -0.2) is 0 Å². The quantitative estimate of drug-likeness (QED) is 0.772. The molecule has 2 saturated carbocycles. The van der Waals surface area contributed by atoms with Crippen LogP contribution in [0, 0.1) is 5.41 Å². The molecule has 22 heavy (non-hydrogen) atoms. The van der Waals surface area contributed by atoms with Crippen LogP contribution in [0.25, 0.3) is 0 Å². The first-order valence-electron chi connectivity index (χ1n) is 9.02. The summed E-state index contributed by atoms with van der Waals surface area (Å²) in [5.74, 6) is 0. The maximum atomic E-state index is 10.6. The second kappa shape index (κ2) is 6.07. The molecule has 0 aromatic heterocycles. The summed E-state index contributed by atoms with van der Waals surface area (Å²) in [6.45, 7) is 12.8. The fourth-order valence-corrected chi connectivity index (χ4v) is 4.10. The summed E-state index contributed by atoms with van der Waals surface area (Å²) < 4.78 is 6.14. The van der Waals surface area contributed by atoms with E-state index in [0.717, 1.165) is 32.5 Å². The average Bonchev–Trinajstić information content (AvgIpc) is 3.02. The molecule has 3 heteroatoms. The number of likely N-dealkylation sites (N-methyl/N-ethyl adjacent to an activating group) is 1. The van der Waals surface area contributed by atoms with E-state index in [-0.39, 0.29) is 16.5 Å². The van der Waals surface area contributed by atoms with Crippen LogP contribution in [0.3, 0.4) is 0 Å². The summed E-state index contributed by atoms with van der Waals surface area (Å²) in [7, 11) is 2.22. The van der Waals surface area contributed by atoms with Gasteiger partial charge in [0.05, 0.1) is 18.8 Å². The van der Waals surface area contributed by atoms with Crippen molar-refractivity contribution in [1.82, 2.24) is 4.90 Å². The highest BCUT2D eigenvalue weighted by atomic mass is 16.5. The zero-order valence-electron chi connectivity index (χ0n) is 15.7. The Morgan fingerprint density at radius 3 is 2.00 bits per heavy atom. The summed E-state index contributed by atoms with van der Waals surface area (Å²) in [5.41, 5.74) is 0.0504. The second-order valence-electron chi connectivity index (χ2n) is 9.72. The van der Waals surface area contributed by atoms with Crippen LogP contribution >= 0.6 is 0 Å². The Bertz CT molecular complexity index is 373. The first-order valence-corrected chi connectivity index (χ1v) is 9.02. The van der Waals surface area contributed by atoms with Gasteiger partial charge in [-0.3, -0.25) is 4.90 Å². The molecule has 0 saturated heterocycles. The molecule has 3 nitrogen and oxygen atoms in total. The summed E-state index contributed by atoms with van der Waals surface area (Å²) in [6, 6.07) is 0. The van der Waals surface area contributed by atoms with Gasteiger partial charge in [0.1, 0.15) is 0 Å². The molecule has 2 rings (SSSR count). The molecule has 0 aromatic carbocycles. The highest BCUT2D eigenvalue weighted by molar-refractivity contribution is 5.06. The van der Waals surface area contributed by atoms with Crippen LogP contribution in [0.2, 0.25) is 0 Å². The smallest absolute Gasteiger partial charge is 0.0653 e. The molecule has 2 fully saturated rings. The van der Waals surface area contributed by atoms with Crippen molar-refractivity contribution >= 4 is 0 Å². The van der Waals surface area contributed by atoms with Crippen molar-refractivity contribution in [2.45, 2.75) is 96.2 Å². The van der Waals surface area contributed by atoms with E-state index in [9.17, 15) is 5.11 Å². The van der Waals surface area contributed by atoms with Crippen molar-refractivity contribution in [3.63, 3.8) is 0 Å². The zero-order chi connectivity index (χ0) is 16.6. The predicted octanol–water partition coefficient (Wildman–Crippen LogP) is 3.99. The van der Waals surface area contributed by atoms with Crippen LogP contribution in [-0.4, -0.2) is 46.9 Å². The number of rotatable bonds is 7. The predicted molar refractivity (Wildman–Crippen MR) is 92.1 cm³/mol. The molecule has 2 aliphatic carbocycles. The Balaban J connectivity index is 1.80. The van der Waals surface area contributed by atoms with E-state index < -0.39 is 5.60 Å². The van der Waals surface area contributed by atoms with Gasteiger partial charge >= 0.3 is 0 Å². The first-order chi connectivity index (χ1) is 9.98. The molecule has 0 amide bonds. The number of ether oxygens (including phenoxy) is 1. The molecule has 0 spiro atoms. The summed E-state index contributed by atoms with van der Waals surface area (Å²) in [6.07, 6.45) is 7.62. The lowest BCUT2D eigenvalue weighted by atomic mass is 9.80. The Morgan fingerprint density at radius 1 is 1.00 bits per heavy atom. The van der Waals surface area contributed by atoms with E-state index in [4.69, 9.17) is 4.74 Å². The van der Waals surface area contributed by atoms with E-state index in [0.29, 0.717) is 0 Å². The molecular formula is C19H37NO2. The minimum Gasteiger partial charge on any atom is -0.390 e. The molecule has 0 aliphatic heterocycles. The molecule has 0 bridgehead atoms. The second-order valence-corrected chi connectivity index (χ2v) is 9.72. The fourth-order valence-electron chi connectivity index (χ4n) is 4.10.